The first-order valence-electron chi connectivity index (χ1n) is 9.11. The summed E-state index contributed by atoms with van der Waals surface area (Å²) in [4.78, 5) is 10.6. The normalized spacial score (nSPS) is 11.2. The molecule has 0 aromatic rings. The topological polar surface area (TPSA) is 26.3 Å². The maximum absolute atomic E-state index is 10.6. The van der Waals surface area contributed by atoms with E-state index < -0.39 is 0 Å². The fraction of sp³-hybridized carbons (Fsp3) is 0.842. The largest absolute Gasteiger partial charge is 0.466 e. The van der Waals surface area contributed by atoms with Crippen molar-refractivity contribution in [1.82, 2.24) is 0 Å². The molecule has 0 N–H and O–H groups in total. The standard InChI is InChI=1S/C19H35IO2/c1-19(21)22-18-16-14-12-10-8-6-4-2-3-5-7-9-11-13-15-17-20/h11,13H,2-10,12,14-18H2,1H3/b13-11+. The van der Waals surface area contributed by atoms with Crippen molar-refractivity contribution in [2.24, 2.45) is 0 Å². The lowest BCUT2D eigenvalue weighted by atomic mass is 10.1. The predicted molar refractivity (Wildman–Crippen MR) is 105 cm³/mol. The highest BCUT2D eigenvalue weighted by atomic mass is 127. The molecule has 0 amide bonds. The van der Waals surface area contributed by atoms with Crippen molar-refractivity contribution < 1.29 is 9.53 Å². The number of hydrogen-bond acceptors (Lipinski definition) is 2. The van der Waals surface area contributed by atoms with Gasteiger partial charge in [-0.3, -0.25) is 4.79 Å². The highest BCUT2D eigenvalue weighted by Gasteiger charge is 1.95. The van der Waals surface area contributed by atoms with Gasteiger partial charge in [0.1, 0.15) is 0 Å². The number of carbonyl (C=O) groups is 1. The summed E-state index contributed by atoms with van der Waals surface area (Å²) in [6.07, 6.45) is 21.7. The lowest BCUT2D eigenvalue weighted by molar-refractivity contribution is -0.141. The SMILES string of the molecule is CC(=O)OCCCCCCCCCCCCC/C=C/CCI. The van der Waals surface area contributed by atoms with Gasteiger partial charge in [0.15, 0.2) is 0 Å². The van der Waals surface area contributed by atoms with E-state index in [4.69, 9.17) is 4.74 Å². The van der Waals surface area contributed by atoms with E-state index in [9.17, 15) is 4.79 Å². The van der Waals surface area contributed by atoms with Crippen LogP contribution in [0.5, 0.6) is 0 Å². The van der Waals surface area contributed by atoms with Crippen molar-refractivity contribution in [2.45, 2.75) is 90.4 Å². The van der Waals surface area contributed by atoms with Crippen molar-refractivity contribution in [3.05, 3.63) is 12.2 Å². The molecule has 0 radical (unpaired) electrons. The lowest BCUT2D eigenvalue weighted by Crippen LogP contribution is -2.00. The molecule has 0 spiro atoms. The van der Waals surface area contributed by atoms with Crippen LogP contribution in [0.2, 0.25) is 0 Å². The molecule has 130 valence electrons. The number of unbranched alkanes of at least 4 members (excludes halogenated alkanes) is 11. The zero-order valence-corrected chi connectivity index (χ0v) is 16.6. The summed E-state index contributed by atoms with van der Waals surface area (Å²) in [6.45, 7) is 2.07. The number of ether oxygens (including phenoxy) is 1. The van der Waals surface area contributed by atoms with Gasteiger partial charge in [-0.2, -0.15) is 0 Å². The van der Waals surface area contributed by atoms with E-state index in [2.05, 4.69) is 34.7 Å². The van der Waals surface area contributed by atoms with E-state index in [-0.39, 0.29) is 5.97 Å². The Morgan fingerprint density at radius 3 is 1.73 bits per heavy atom. The smallest absolute Gasteiger partial charge is 0.302 e. The van der Waals surface area contributed by atoms with E-state index in [1.807, 2.05) is 0 Å². The zero-order valence-electron chi connectivity index (χ0n) is 14.5. The number of rotatable bonds is 16. The maximum Gasteiger partial charge on any atom is 0.302 e. The molecule has 0 saturated heterocycles. The van der Waals surface area contributed by atoms with Crippen LogP contribution < -0.4 is 0 Å². The third-order valence-corrected chi connectivity index (χ3v) is 4.39. The molecule has 0 saturated carbocycles. The zero-order chi connectivity index (χ0) is 16.3. The third kappa shape index (κ3) is 19.9. The van der Waals surface area contributed by atoms with Gasteiger partial charge in [-0.1, -0.05) is 92.5 Å². The second-order valence-corrected chi connectivity index (χ2v) is 7.05. The van der Waals surface area contributed by atoms with Crippen molar-refractivity contribution in [3.63, 3.8) is 0 Å². The first-order valence-corrected chi connectivity index (χ1v) is 10.6. The average molecular weight is 422 g/mol. The van der Waals surface area contributed by atoms with Crippen LogP contribution >= 0.6 is 22.6 Å². The van der Waals surface area contributed by atoms with E-state index in [0.717, 1.165) is 6.42 Å². The highest BCUT2D eigenvalue weighted by Crippen LogP contribution is 2.12. The van der Waals surface area contributed by atoms with Crippen LogP contribution in [0.15, 0.2) is 12.2 Å². The van der Waals surface area contributed by atoms with Gasteiger partial charge in [0.05, 0.1) is 6.61 Å². The molecule has 0 aliphatic carbocycles. The monoisotopic (exact) mass is 422 g/mol. The summed E-state index contributed by atoms with van der Waals surface area (Å²) < 4.78 is 6.15. The van der Waals surface area contributed by atoms with Crippen molar-refractivity contribution in [3.8, 4) is 0 Å². The molecule has 0 atom stereocenters. The summed E-state index contributed by atoms with van der Waals surface area (Å²) >= 11 is 2.42. The van der Waals surface area contributed by atoms with Crippen LogP contribution in [0, 0.1) is 0 Å². The second kappa shape index (κ2) is 19.0. The Morgan fingerprint density at radius 2 is 1.23 bits per heavy atom. The lowest BCUT2D eigenvalue weighted by Gasteiger charge is -2.03. The average Bonchev–Trinajstić information content (AvgIpc) is 2.50. The third-order valence-electron chi connectivity index (χ3n) is 3.76. The van der Waals surface area contributed by atoms with Gasteiger partial charge in [-0.05, 0) is 25.7 Å². The van der Waals surface area contributed by atoms with Crippen LogP contribution in [0.3, 0.4) is 0 Å². The van der Waals surface area contributed by atoms with Crippen LogP contribution in [0.25, 0.3) is 0 Å². The Hall–Kier alpha value is -0.0600. The molecule has 0 rings (SSSR count). The molecule has 0 aromatic heterocycles. The molecule has 0 aliphatic rings. The number of carbonyl (C=O) groups excluding carboxylic acids is 1. The number of esters is 1. The number of halogens is 1. The summed E-state index contributed by atoms with van der Waals surface area (Å²) in [7, 11) is 0. The Labute approximate surface area is 151 Å². The Kier molecular flexibility index (Phi) is 18.9. The minimum Gasteiger partial charge on any atom is -0.466 e. The van der Waals surface area contributed by atoms with Crippen LogP contribution in [-0.4, -0.2) is 17.0 Å². The van der Waals surface area contributed by atoms with Gasteiger partial charge in [0.2, 0.25) is 0 Å². The summed E-state index contributed by atoms with van der Waals surface area (Å²) in [5.74, 6) is -0.156. The molecule has 22 heavy (non-hydrogen) atoms. The Morgan fingerprint density at radius 1 is 0.773 bits per heavy atom. The number of allylic oxidation sites excluding steroid dienone is 2. The van der Waals surface area contributed by atoms with Gasteiger partial charge < -0.3 is 4.74 Å². The van der Waals surface area contributed by atoms with Gasteiger partial charge >= 0.3 is 5.97 Å². The molecule has 3 heteroatoms. The van der Waals surface area contributed by atoms with Gasteiger partial charge in [-0.15, -0.1) is 0 Å². The quantitative estimate of drug-likeness (QED) is 0.0920. The molecule has 2 nitrogen and oxygen atoms in total. The number of hydrogen-bond donors (Lipinski definition) is 0. The molecule has 0 fully saturated rings. The Balaban J connectivity index is 3.01. The Bertz CT molecular complexity index is 264. The summed E-state index contributed by atoms with van der Waals surface area (Å²) in [5, 5.41) is 0. The fourth-order valence-electron chi connectivity index (χ4n) is 2.47. The van der Waals surface area contributed by atoms with Crippen LogP contribution in [0.4, 0.5) is 0 Å². The van der Waals surface area contributed by atoms with E-state index >= 15 is 0 Å². The van der Waals surface area contributed by atoms with Crippen LogP contribution in [0.1, 0.15) is 90.4 Å². The highest BCUT2D eigenvalue weighted by molar-refractivity contribution is 14.1. The van der Waals surface area contributed by atoms with E-state index in [0.29, 0.717) is 6.61 Å². The number of alkyl halides is 1. The molecule has 0 heterocycles. The molecule has 0 aliphatic heterocycles. The predicted octanol–water partition coefficient (Wildman–Crippen LogP) is 6.61. The first-order chi connectivity index (χ1) is 10.8. The van der Waals surface area contributed by atoms with Crippen molar-refractivity contribution in [2.75, 3.05) is 11.0 Å². The summed E-state index contributed by atoms with van der Waals surface area (Å²) in [6, 6.07) is 0. The van der Waals surface area contributed by atoms with Gasteiger partial charge in [0.25, 0.3) is 0 Å². The molecule has 0 bridgehead atoms. The molecular formula is C19H35IO2. The van der Waals surface area contributed by atoms with Crippen LogP contribution in [-0.2, 0) is 9.53 Å². The van der Waals surface area contributed by atoms with Crippen molar-refractivity contribution in [1.29, 1.82) is 0 Å². The molecular weight excluding hydrogens is 387 g/mol. The van der Waals surface area contributed by atoms with Gasteiger partial charge in [-0.25, -0.2) is 0 Å². The molecule has 0 aromatic carbocycles. The summed E-state index contributed by atoms with van der Waals surface area (Å²) in [5.41, 5.74) is 0. The first kappa shape index (κ1) is 21.9. The second-order valence-electron chi connectivity index (χ2n) is 5.97. The molecule has 0 unspecified atom stereocenters. The van der Waals surface area contributed by atoms with E-state index in [1.165, 1.54) is 88.4 Å². The van der Waals surface area contributed by atoms with Gasteiger partial charge in [0, 0.05) is 11.4 Å². The fourth-order valence-corrected chi connectivity index (χ4v) is 2.83. The van der Waals surface area contributed by atoms with E-state index in [1.54, 1.807) is 0 Å². The minimum absolute atomic E-state index is 0.156. The maximum atomic E-state index is 10.6. The van der Waals surface area contributed by atoms with Crippen molar-refractivity contribution >= 4 is 28.6 Å². The minimum atomic E-state index is -0.156.